The average molecular weight is 439 g/mol. The highest BCUT2D eigenvalue weighted by Crippen LogP contribution is 2.40. The normalized spacial score (nSPS) is 21.5. The van der Waals surface area contributed by atoms with Crippen LogP contribution in [0.2, 0.25) is 0 Å². The van der Waals surface area contributed by atoms with Crippen LogP contribution in [0.3, 0.4) is 0 Å². The smallest absolute Gasteiger partial charge is 0.163 e. The average Bonchev–Trinajstić information content (AvgIpc) is 3.43. The predicted octanol–water partition coefficient (Wildman–Crippen LogP) is 4.15. The Morgan fingerprint density at radius 2 is 2.00 bits per heavy atom. The number of anilines is 1. The van der Waals surface area contributed by atoms with Gasteiger partial charge in [-0.25, -0.2) is 0 Å². The van der Waals surface area contributed by atoms with Crippen molar-refractivity contribution < 1.29 is 9.47 Å². The zero-order chi connectivity index (χ0) is 21.8. The molecule has 2 aromatic rings. The molecule has 174 valence electrons. The zero-order valence-electron chi connectivity index (χ0n) is 19.5. The van der Waals surface area contributed by atoms with Gasteiger partial charge in [-0.2, -0.15) is 0 Å². The number of aromatic nitrogens is 1. The first-order valence-corrected chi connectivity index (χ1v) is 12.7. The minimum Gasteiger partial charge on any atom is -0.493 e. The van der Waals surface area contributed by atoms with Gasteiger partial charge < -0.3 is 25.0 Å². The Balaban J connectivity index is 1.39. The molecule has 32 heavy (non-hydrogen) atoms. The van der Waals surface area contributed by atoms with Crippen molar-refractivity contribution in [1.82, 2.24) is 15.2 Å². The summed E-state index contributed by atoms with van der Waals surface area (Å²) in [6, 6.07) is 4.70. The van der Waals surface area contributed by atoms with E-state index in [9.17, 15) is 0 Å². The van der Waals surface area contributed by atoms with Gasteiger partial charge in [0.2, 0.25) is 0 Å². The molecule has 0 saturated carbocycles. The number of likely N-dealkylation sites (tertiary alicyclic amines) is 1. The van der Waals surface area contributed by atoms with Crippen LogP contribution in [0.4, 0.5) is 5.69 Å². The lowest BCUT2D eigenvalue weighted by molar-refractivity contribution is 0.254. The van der Waals surface area contributed by atoms with Crippen molar-refractivity contribution in [1.29, 1.82) is 0 Å². The monoisotopic (exact) mass is 438 g/mol. The van der Waals surface area contributed by atoms with Gasteiger partial charge in [-0.15, -0.1) is 0 Å². The van der Waals surface area contributed by atoms with E-state index in [2.05, 4.69) is 27.7 Å². The lowest BCUT2D eigenvalue weighted by atomic mass is 10.0. The van der Waals surface area contributed by atoms with Crippen LogP contribution in [0.1, 0.15) is 56.2 Å². The maximum atomic E-state index is 6.20. The van der Waals surface area contributed by atoms with Gasteiger partial charge in [-0.05, 0) is 82.6 Å². The Hall–Kier alpha value is -2.05. The SMILES string of the molecule is COc1cc2c(N[C@H]3CCCCNC3)c3c(nc2cc1OCCCN1CCCC1)CCC3. The maximum absolute atomic E-state index is 6.20. The van der Waals surface area contributed by atoms with Crippen LogP contribution in [0.5, 0.6) is 11.5 Å². The summed E-state index contributed by atoms with van der Waals surface area (Å²) in [5.41, 5.74) is 4.95. The van der Waals surface area contributed by atoms with E-state index in [0.717, 1.165) is 61.3 Å². The molecule has 3 heterocycles. The summed E-state index contributed by atoms with van der Waals surface area (Å²) in [6.45, 7) is 6.45. The number of aryl methyl sites for hydroxylation is 1. The third-order valence-electron chi connectivity index (χ3n) is 7.27. The second-order valence-electron chi connectivity index (χ2n) is 9.58. The maximum Gasteiger partial charge on any atom is 0.163 e. The molecule has 1 aromatic heterocycles. The third kappa shape index (κ3) is 4.81. The topological polar surface area (TPSA) is 58.6 Å². The van der Waals surface area contributed by atoms with Crippen LogP contribution in [0.25, 0.3) is 10.9 Å². The Kier molecular flexibility index (Phi) is 6.98. The number of hydrogen-bond acceptors (Lipinski definition) is 6. The molecule has 2 fully saturated rings. The summed E-state index contributed by atoms with van der Waals surface area (Å²) in [6.07, 6.45) is 10.8. The van der Waals surface area contributed by atoms with E-state index in [1.54, 1.807) is 7.11 Å². The fraction of sp³-hybridized carbons (Fsp3) is 0.654. The Morgan fingerprint density at radius 3 is 2.88 bits per heavy atom. The molecule has 2 N–H and O–H groups in total. The molecule has 6 heteroatoms. The Labute approximate surface area is 192 Å². The number of fused-ring (bicyclic) bond motifs is 2. The summed E-state index contributed by atoms with van der Waals surface area (Å²) >= 11 is 0. The van der Waals surface area contributed by atoms with Crippen molar-refractivity contribution in [3.8, 4) is 11.5 Å². The van der Waals surface area contributed by atoms with Crippen LogP contribution in [-0.4, -0.2) is 62.4 Å². The number of ether oxygens (including phenoxy) is 2. The van der Waals surface area contributed by atoms with Crippen LogP contribution >= 0.6 is 0 Å². The van der Waals surface area contributed by atoms with Gasteiger partial charge in [0, 0.05) is 42.0 Å². The molecule has 0 spiro atoms. The molecular weight excluding hydrogens is 400 g/mol. The molecule has 0 amide bonds. The van der Waals surface area contributed by atoms with Crippen molar-refractivity contribution in [3.63, 3.8) is 0 Å². The summed E-state index contributed by atoms with van der Waals surface area (Å²) in [4.78, 5) is 7.59. The van der Waals surface area contributed by atoms with E-state index in [1.165, 1.54) is 68.6 Å². The highest BCUT2D eigenvalue weighted by Gasteiger charge is 2.23. The van der Waals surface area contributed by atoms with E-state index in [0.29, 0.717) is 12.6 Å². The Morgan fingerprint density at radius 1 is 1.09 bits per heavy atom. The molecule has 6 nitrogen and oxygen atoms in total. The van der Waals surface area contributed by atoms with E-state index in [1.807, 2.05) is 0 Å². The van der Waals surface area contributed by atoms with Gasteiger partial charge in [-0.1, -0.05) is 6.42 Å². The molecule has 5 rings (SSSR count). The molecule has 2 aliphatic heterocycles. The molecule has 1 aliphatic carbocycles. The molecule has 0 bridgehead atoms. The van der Waals surface area contributed by atoms with E-state index >= 15 is 0 Å². The zero-order valence-corrected chi connectivity index (χ0v) is 19.5. The predicted molar refractivity (Wildman–Crippen MR) is 130 cm³/mol. The van der Waals surface area contributed by atoms with Gasteiger partial charge >= 0.3 is 0 Å². The number of hydrogen-bond donors (Lipinski definition) is 2. The molecule has 1 aromatic carbocycles. The van der Waals surface area contributed by atoms with Crippen molar-refractivity contribution in [2.75, 3.05) is 51.8 Å². The lowest BCUT2D eigenvalue weighted by Crippen LogP contribution is -2.31. The number of rotatable bonds is 8. The largest absolute Gasteiger partial charge is 0.493 e. The van der Waals surface area contributed by atoms with E-state index in [4.69, 9.17) is 14.5 Å². The number of nitrogens with one attached hydrogen (secondary N) is 2. The lowest BCUT2D eigenvalue weighted by Gasteiger charge is -2.22. The fourth-order valence-electron chi connectivity index (χ4n) is 5.53. The first-order valence-electron chi connectivity index (χ1n) is 12.7. The van der Waals surface area contributed by atoms with E-state index < -0.39 is 0 Å². The molecule has 1 atom stereocenters. The standard InChI is InChI=1S/C26H38N4O2/c1-31-24-16-21-23(17-25(24)32-15-7-14-30-12-4-5-13-30)29-22-10-6-9-20(22)26(21)28-19-8-2-3-11-27-18-19/h16-17,19,27H,2-15,18H2,1H3,(H,28,29)/t19-/m0/s1. The number of nitrogens with zero attached hydrogens (tertiary/aromatic N) is 2. The van der Waals surface area contributed by atoms with Crippen LogP contribution in [0, 0.1) is 0 Å². The van der Waals surface area contributed by atoms with Crippen molar-refractivity contribution in [2.24, 2.45) is 0 Å². The highest BCUT2D eigenvalue weighted by molar-refractivity contribution is 5.96. The summed E-state index contributed by atoms with van der Waals surface area (Å²) in [7, 11) is 1.74. The van der Waals surface area contributed by atoms with Crippen molar-refractivity contribution >= 4 is 16.6 Å². The number of pyridine rings is 1. The van der Waals surface area contributed by atoms with Crippen LogP contribution < -0.4 is 20.1 Å². The minimum atomic E-state index is 0.459. The van der Waals surface area contributed by atoms with Crippen LogP contribution in [-0.2, 0) is 12.8 Å². The van der Waals surface area contributed by atoms with Gasteiger partial charge in [0.25, 0.3) is 0 Å². The number of methoxy groups -OCH3 is 1. The first-order chi connectivity index (χ1) is 15.8. The van der Waals surface area contributed by atoms with Gasteiger partial charge in [-0.3, -0.25) is 4.98 Å². The third-order valence-corrected chi connectivity index (χ3v) is 7.27. The van der Waals surface area contributed by atoms with Crippen molar-refractivity contribution in [2.45, 2.75) is 63.8 Å². The highest BCUT2D eigenvalue weighted by atomic mass is 16.5. The molecule has 3 aliphatic rings. The second-order valence-corrected chi connectivity index (χ2v) is 9.58. The first kappa shape index (κ1) is 21.8. The molecular formula is C26H38N4O2. The minimum absolute atomic E-state index is 0.459. The number of benzene rings is 1. The van der Waals surface area contributed by atoms with Gasteiger partial charge in [0.1, 0.15) is 0 Å². The molecule has 2 saturated heterocycles. The van der Waals surface area contributed by atoms with Crippen LogP contribution in [0.15, 0.2) is 12.1 Å². The summed E-state index contributed by atoms with van der Waals surface area (Å²) < 4.78 is 12.0. The quantitative estimate of drug-likeness (QED) is 0.604. The fourth-order valence-corrected chi connectivity index (χ4v) is 5.53. The summed E-state index contributed by atoms with van der Waals surface area (Å²) in [5, 5.41) is 8.66. The summed E-state index contributed by atoms with van der Waals surface area (Å²) in [5.74, 6) is 1.62. The molecule has 0 radical (unpaired) electrons. The molecule has 0 unspecified atom stereocenters. The Bertz CT molecular complexity index is 918. The van der Waals surface area contributed by atoms with Gasteiger partial charge in [0.05, 0.1) is 19.2 Å². The second kappa shape index (κ2) is 10.3. The van der Waals surface area contributed by atoms with E-state index in [-0.39, 0.29) is 0 Å². The van der Waals surface area contributed by atoms with Crippen molar-refractivity contribution in [3.05, 3.63) is 23.4 Å². The van der Waals surface area contributed by atoms with Gasteiger partial charge in [0.15, 0.2) is 11.5 Å².